The molecule has 0 atom stereocenters. The summed E-state index contributed by atoms with van der Waals surface area (Å²) in [6.45, 7) is 0.717. The highest BCUT2D eigenvalue weighted by molar-refractivity contribution is 5.72. The summed E-state index contributed by atoms with van der Waals surface area (Å²) in [6, 6.07) is 2.13. The Hall–Kier alpha value is -1.31. The van der Waals surface area contributed by atoms with Crippen LogP contribution in [-0.4, -0.2) is 4.98 Å². The molecule has 0 N–H and O–H groups in total. The van der Waals surface area contributed by atoms with E-state index in [2.05, 4.69) is 11.1 Å². The Morgan fingerprint density at radius 2 is 2.45 bits per heavy atom. The predicted octanol–water partition coefficient (Wildman–Crippen LogP) is 1.51. The van der Waals surface area contributed by atoms with Gasteiger partial charge in [-0.25, -0.2) is 0 Å². The smallest absolute Gasteiger partial charge is 0.113 e. The van der Waals surface area contributed by atoms with E-state index in [4.69, 9.17) is 4.74 Å². The molecule has 0 spiro atoms. The summed E-state index contributed by atoms with van der Waals surface area (Å²) in [4.78, 5) is 4.26. The van der Waals surface area contributed by atoms with E-state index in [0.717, 1.165) is 6.42 Å². The number of fused-ring (bicyclic) bond motifs is 1. The lowest BCUT2D eigenvalue weighted by Crippen LogP contribution is -2.11. The van der Waals surface area contributed by atoms with Crippen LogP contribution in [0.4, 0.5) is 0 Å². The first-order valence-corrected chi connectivity index (χ1v) is 3.72. The first kappa shape index (κ1) is 5.35. The highest BCUT2D eigenvalue weighted by atomic mass is 16.5. The number of nitrogens with zero attached hydrogens (tertiary/aromatic N) is 1. The Morgan fingerprint density at radius 1 is 1.45 bits per heavy atom. The largest absolute Gasteiger partial charge is 0.496 e. The van der Waals surface area contributed by atoms with Crippen LogP contribution in [0, 0.1) is 0 Å². The van der Waals surface area contributed by atoms with Crippen LogP contribution in [0.25, 0.3) is 5.57 Å². The van der Waals surface area contributed by atoms with Crippen molar-refractivity contribution in [1.29, 1.82) is 0 Å². The predicted molar refractivity (Wildman–Crippen MR) is 40.7 cm³/mol. The second-order valence-electron chi connectivity index (χ2n) is 2.96. The fourth-order valence-corrected chi connectivity index (χ4v) is 1.68. The maximum absolute atomic E-state index is 5.26. The van der Waals surface area contributed by atoms with E-state index in [-0.39, 0.29) is 0 Å². The quantitative estimate of drug-likeness (QED) is 0.552. The molecular formula is C9H7NO. The molecule has 0 fully saturated rings. The molecule has 54 valence electrons. The number of allylic oxidation sites excluding steroid dienone is 1. The maximum Gasteiger partial charge on any atom is 0.113 e. The molecule has 4 rings (SSSR count). The minimum Gasteiger partial charge on any atom is -0.496 e. The van der Waals surface area contributed by atoms with E-state index in [9.17, 15) is 0 Å². The SMILES string of the molecule is C1=C2Cc3cc(c2cn3)CO1. The molecule has 2 nitrogen and oxygen atoms in total. The normalized spacial score (nSPS) is 17.6. The van der Waals surface area contributed by atoms with E-state index in [1.54, 1.807) is 0 Å². The van der Waals surface area contributed by atoms with Gasteiger partial charge in [-0.2, -0.15) is 0 Å². The first-order chi connectivity index (χ1) is 5.43. The van der Waals surface area contributed by atoms with Crippen LogP contribution in [0.3, 0.4) is 0 Å². The number of ether oxygens (including phenoxy) is 1. The molecule has 0 saturated carbocycles. The molecule has 0 unspecified atom stereocenters. The highest BCUT2D eigenvalue weighted by Gasteiger charge is 2.20. The van der Waals surface area contributed by atoms with Crippen LogP contribution in [0.15, 0.2) is 18.5 Å². The molecule has 4 bridgehead atoms. The Labute approximate surface area is 64.5 Å². The molecule has 2 aliphatic heterocycles. The second-order valence-corrected chi connectivity index (χ2v) is 2.96. The van der Waals surface area contributed by atoms with Crippen molar-refractivity contribution in [3.8, 4) is 0 Å². The van der Waals surface area contributed by atoms with Crippen molar-refractivity contribution in [1.82, 2.24) is 4.98 Å². The number of pyridine rings is 1. The van der Waals surface area contributed by atoms with Crippen LogP contribution >= 0.6 is 0 Å². The van der Waals surface area contributed by atoms with Crippen LogP contribution in [0.2, 0.25) is 0 Å². The van der Waals surface area contributed by atoms with Gasteiger partial charge in [0.05, 0.1) is 6.26 Å². The molecule has 1 aromatic heterocycles. The van der Waals surface area contributed by atoms with E-state index < -0.39 is 0 Å². The molecule has 1 aromatic rings. The first-order valence-electron chi connectivity index (χ1n) is 3.72. The third-order valence-corrected chi connectivity index (χ3v) is 2.23. The Bertz CT molecular complexity index is 355. The standard InChI is InChI=1S/C9H7NO/c1-6-4-11-5-7-2-8(1)10-3-9(6)7/h1,3,5H,2,4H2. The summed E-state index contributed by atoms with van der Waals surface area (Å²) >= 11 is 0. The average molecular weight is 145 g/mol. The molecule has 1 aliphatic carbocycles. The van der Waals surface area contributed by atoms with Crippen molar-refractivity contribution in [3.63, 3.8) is 0 Å². The summed E-state index contributed by atoms with van der Waals surface area (Å²) in [5.74, 6) is 0. The van der Waals surface area contributed by atoms with E-state index in [0.29, 0.717) is 6.61 Å². The highest BCUT2D eigenvalue weighted by Crippen LogP contribution is 2.32. The van der Waals surface area contributed by atoms with Gasteiger partial charge >= 0.3 is 0 Å². The minimum atomic E-state index is 0.717. The number of hydrogen-bond acceptors (Lipinski definition) is 2. The van der Waals surface area contributed by atoms with Crippen molar-refractivity contribution in [2.75, 3.05) is 0 Å². The van der Waals surface area contributed by atoms with E-state index in [1.807, 2.05) is 12.5 Å². The third-order valence-electron chi connectivity index (χ3n) is 2.23. The summed E-state index contributed by atoms with van der Waals surface area (Å²) < 4.78 is 5.26. The second kappa shape index (κ2) is 1.64. The summed E-state index contributed by atoms with van der Waals surface area (Å²) in [5, 5.41) is 0. The molecule has 11 heavy (non-hydrogen) atoms. The van der Waals surface area contributed by atoms with Gasteiger partial charge in [-0.05, 0) is 6.07 Å². The summed E-state index contributed by atoms with van der Waals surface area (Å²) in [6.07, 6.45) is 4.76. The number of aromatic nitrogens is 1. The van der Waals surface area contributed by atoms with Gasteiger partial charge in [0.25, 0.3) is 0 Å². The summed E-state index contributed by atoms with van der Waals surface area (Å²) in [5.41, 5.74) is 5.04. The van der Waals surface area contributed by atoms with Gasteiger partial charge in [0.15, 0.2) is 0 Å². The lowest BCUT2D eigenvalue weighted by molar-refractivity contribution is 0.230. The van der Waals surface area contributed by atoms with Crippen LogP contribution in [0.1, 0.15) is 16.8 Å². The molecule has 3 heterocycles. The monoisotopic (exact) mass is 145 g/mol. The van der Waals surface area contributed by atoms with Crippen LogP contribution in [0.5, 0.6) is 0 Å². The molecule has 0 aromatic carbocycles. The molecule has 2 heteroatoms. The lowest BCUT2D eigenvalue weighted by atomic mass is 9.91. The van der Waals surface area contributed by atoms with Crippen molar-refractivity contribution in [2.24, 2.45) is 0 Å². The molecular weight excluding hydrogens is 138 g/mol. The molecule has 0 saturated heterocycles. The van der Waals surface area contributed by atoms with Crippen molar-refractivity contribution in [3.05, 3.63) is 35.3 Å². The Morgan fingerprint density at radius 3 is 3.18 bits per heavy atom. The van der Waals surface area contributed by atoms with Crippen molar-refractivity contribution < 1.29 is 4.74 Å². The van der Waals surface area contributed by atoms with Crippen molar-refractivity contribution in [2.45, 2.75) is 13.0 Å². The van der Waals surface area contributed by atoms with Gasteiger partial charge < -0.3 is 4.74 Å². The lowest BCUT2D eigenvalue weighted by Gasteiger charge is -2.23. The molecule has 0 amide bonds. The average Bonchev–Trinajstić information content (AvgIpc) is 2.05. The molecule has 3 aliphatic rings. The van der Waals surface area contributed by atoms with Crippen LogP contribution < -0.4 is 0 Å². The topological polar surface area (TPSA) is 22.1 Å². The van der Waals surface area contributed by atoms with Gasteiger partial charge in [-0.3, -0.25) is 4.98 Å². The number of rotatable bonds is 0. The maximum atomic E-state index is 5.26. The fourth-order valence-electron chi connectivity index (χ4n) is 1.68. The zero-order valence-corrected chi connectivity index (χ0v) is 6.00. The van der Waals surface area contributed by atoms with Gasteiger partial charge in [0.2, 0.25) is 0 Å². The summed E-state index contributed by atoms with van der Waals surface area (Å²) in [7, 11) is 0. The van der Waals surface area contributed by atoms with Gasteiger partial charge in [0.1, 0.15) is 6.61 Å². The van der Waals surface area contributed by atoms with Crippen LogP contribution in [-0.2, 0) is 17.8 Å². The zero-order chi connectivity index (χ0) is 7.26. The number of hydrogen-bond donors (Lipinski definition) is 0. The zero-order valence-electron chi connectivity index (χ0n) is 6.00. The Balaban J connectivity index is 2.40. The van der Waals surface area contributed by atoms with Gasteiger partial charge in [-0.1, -0.05) is 0 Å². The third kappa shape index (κ3) is 0.589. The van der Waals surface area contributed by atoms with Crippen molar-refractivity contribution >= 4 is 5.57 Å². The van der Waals surface area contributed by atoms with Gasteiger partial charge in [0, 0.05) is 35.0 Å². The van der Waals surface area contributed by atoms with E-state index >= 15 is 0 Å². The van der Waals surface area contributed by atoms with E-state index in [1.165, 1.54) is 22.4 Å². The minimum absolute atomic E-state index is 0.717. The van der Waals surface area contributed by atoms with Gasteiger partial charge in [-0.15, -0.1) is 0 Å². The molecule has 0 radical (unpaired) electrons. The fraction of sp³-hybridized carbons (Fsp3) is 0.222. The Kier molecular flexibility index (Phi) is 0.799.